The van der Waals surface area contributed by atoms with Crippen LogP contribution in [0.5, 0.6) is 0 Å². The van der Waals surface area contributed by atoms with Gasteiger partial charge in [-0.1, -0.05) is 30.3 Å². The van der Waals surface area contributed by atoms with Crippen molar-refractivity contribution in [2.45, 2.75) is 13.3 Å². The first-order chi connectivity index (χ1) is 14.1. The Labute approximate surface area is 169 Å². The number of amides is 1. The number of ether oxygens (including phenoxy) is 1. The molecule has 1 aromatic heterocycles. The van der Waals surface area contributed by atoms with Crippen molar-refractivity contribution in [1.82, 2.24) is 0 Å². The predicted molar refractivity (Wildman–Crippen MR) is 117 cm³/mol. The van der Waals surface area contributed by atoms with E-state index < -0.39 is 6.09 Å². The molecule has 3 N–H and O–H groups in total. The smallest absolute Gasteiger partial charge is 0.411 e. The number of nitrogens with two attached hydrogens (primary N) is 1. The number of carbonyl (C=O) groups excluding carboxylic acids is 1. The molecule has 1 amide bonds. The highest BCUT2D eigenvalue weighted by molar-refractivity contribution is 6.06. The SMILES string of the molecule is CCOC(=O)Nc1ccc2c(c1)c(Cc1ccc(N)cc1)[n+](C)c1ccccc21. The molecule has 4 rings (SSSR count). The molecule has 0 unspecified atom stereocenters. The van der Waals surface area contributed by atoms with Gasteiger partial charge in [-0.25, -0.2) is 4.79 Å². The van der Waals surface area contributed by atoms with Gasteiger partial charge in [-0.3, -0.25) is 5.32 Å². The first-order valence-electron chi connectivity index (χ1n) is 9.68. The van der Waals surface area contributed by atoms with Gasteiger partial charge in [-0.05, 0) is 42.8 Å². The third kappa shape index (κ3) is 3.72. The molecule has 0 fully saturated rings. The summed E-state index contributed by atoms with van der Waals surface area (Å²) in [5, 5.41) is 6.24. The fourth-order valence-corrected chi connectivity index (χ4v) is 3.74. The molecule has 0 aliphatic carbocycles. The van der Waals surface area contributed by atoms with Crippen molar-refractivity contribution in [2.24, 2.45) is 7.05 Å². The molecule has 29 heavy (non-hydrogen) atoms. The second kappa shape index (κ2) is 7.80. The van der Waals surface area contributed by atoms with E-state index in [1.54, 1.807) is 6.92 Å². The van der Waals surface area contributed by atoms with Gasteiger partial charge in [0.1, 0.15) is 7.05 Å². The normalized spacial score (nSPS) is 11.0. The quantitative estimate of drug-likeness (QED) is 0.307. The fraction of sp³-hybridized carbons (Fsp3) is 0.167. The topological polar surface area (TPSA) is 68.2 Å². The highest BCUT2D eigenvalue weighted by atomic mass is 16.5. The van der Waals surface area contributed by atoms with E-state index >= 15 is 0 Å². The Balaban J connectivity index is 1.90. The minimum atomic E-state index is -0.447. The minimum absolute atomic E-state index is 0.335. The number of anilines is 2. The predicted octanol–water partition coefficient (Wildman–Crippen LogP) is 4.56. The Morgan fingerprint density at radius 3 is 2.52 bits per heavy atom. The van der Waals surface area contributed by atoms with Crippen LogP contribution in [0.1, 0.15) is 18.2 Å². The van der Waals surface area contributed by atoms with Crippen molar-refractivity contribution in [3.8, 4) is 0 Å². The molecular formula is C24H24N3O2+. The van der Waals surface area contributed by atoms with Gasteiger partial charge in [-0.2, -0.15) is 4.57 Å². The van der Waals surface area contributed by atoms with Crippen LogP contribution in [0, 0.1) is 0 Å². The lowest BCUT2D eigenvalue weighted by atomic mass is 9.98. The molecule has 146 valence electrons. The lowest BCUT2D eigenvalue weighted by Gasteiger charge is -2.12. The average molecular weight is 386 g/mol. The van der Waals surface area contributed by atoms with Gasteiger partial charge in [0.15, 0.2) is 5.69 Å². The number of benzene rings is 3. The first-order valence-corrected chi connectivity index (χ1v) is 9.68. The monoisotopic (exact) mass is 386 g/mol. The number of rotatable bonds is 4. The summed E-state index contributed by atoms with van der Waals surface area (Å²) in [6.45, 7) is 2.12. The summed E-state index contributed by atoms with van der Waals surface area (Å²) in [7, 11) is 2.08. The van der Waals surface area contributed by atoms with E-state index in [1.807, 2.05) is 30.3 Å². The number of fused-ring (bicyclic) bond motifs is 3. The molecule has 0 saturated heterocycles. The van der Waals surface area contributed by atoms with Crippen LogP contribution in [0.3, 0.4) is 0 Å². The van der Waals surface area contributed by atoms with E-state index in [4.69, 9.17) is 10.5 Å². The minimum Gasteiger partial charge on any atom is -0.450 e. The van der Waals surface area contributed by atoms with E-state index in [0.717, 1.165) is 34.1 Å². The maximum absolute atomic E-state index is 11.9. The van der Waals surface area contributed by atoms with Crippen molar-refractivity contribution in [1.29, 1.82) is 0 Å². The Bertz CT molecular complexity index is 1200. The molecule has 0 spiro atoms. The van der Waals surface area contributed by atoms with Gasteiger partial charge in [0.05, 0.1) is 23.8 Å². The number of hydrogen-bond donors (Lipinski definition) is 2. The van der Waals surface area contributed by atoms with Crippen molar-refractivity contribution in [3.05, 3.63) is 78.0 Å². The van der Waals surface area contributed by atoms with Crippen molar-refractivity contribution in [2.75, 3.05) is 17.7 Å². The Morgan fingerprint density at radius 2 is 1.76 bits per heavy atom. The zero-order valence-electron chi connectivity index (χ0n) is 16.6. The van der Waals surface area contributed by atoms with Gasteiger partial charge in [0.2, 0.25) is 5.52 Å². The number of nitrogens with zero attached hydrogens (tertiary/aromatic N) is 1. The molecular weight excluding hydrogens is 362 g/mol. The molecule has 3 aromatic carbocycles. The number of aromatic nitrogens is 1. The van der Waals surface area contributed by atoms with Crippen LogP contribution >= 0.6 is 0 Å². The number of nitrogens with one attached hydrogen (secondary N) is 1. The fourth-order valence-electron chi connectivity index (χ4n) is 3.74. The second-order valence-electron chi connectivity index (χ2n) is 7.05. The Morgan fingerprint density at radius 1 is 1.00 bits per heavy atom. The zero-order valence-corrected chi connectivity index (χ0v) is 16.6. The van der Waals surface area contributed by atoms with Crippen LogP contribution < -0.4 is 15.6 Å². The van der Waals surface area contributed by atoms with Crippen LogP contribution in [0.4, 0.5) is 16.2 Å². The van der Waals surface area contributed by atoms with E-state index in [2.05, 4.69) is 53.3 Å². The van der Waals surface area contributed by atoms with Crippen molar-refractivity contribution >= 4 is 39.1 Å². The van der Waals surface area contributed by atoms with Gasteiger partial charge in [-0.15, -0.1) is 0 Å². The zero-order chi connectivity index (χ0) is 20.4. The van der Waals surface area contributed by atoms with Crippen LogP contribution in [-0.4, -0.2) is 12.7 Å². The third-order valence-electron chi connectivity index (χ3n) is 5.16. The summed E-state index contributed by atoms with van der Waals surface area (Å²) in [4.78, 5) is 11.9. The highest BCUT2D eigenvalue weighted by Crippen LogP contribution is 2.29. The molecule has 0 aliphatic heterocycles. The number of para-hydroxylation sites is 1. The summed E-state index contributed by atoms with van der Waals surface area (Å²) >= 11 is 0. The van der Waals surface area contributed by atoms with Gasteiger partial charge in [0, 0.05) is 22.8 Å². The summed E-state index contributed by atoms with van der Waals surface area (Å²) in [6, 6.07) is 22.3. The van der Waals surface area contributed by atoms with E-state index in [-0.39, 0.29) is 0 Å². The summed E-state index contributed by atoms with van der Waals surface area (Å²) < 4.78 is 7.25. The third-order valence-corrected chi connectivity index (χ3v) is 5.16. The average Bonchev–Trinajstić information content (AvgIpc) is 2.72. The molecule has 5 nitrogen and oxygen atoms in total. The van der Waals surface area contributed by atoms with Crippen LogP contribution in [0.2, 0.25) is 0 Å². The molecule has 0 bridgehead atoms. The number of carbonyl (C=O) groups is 1. The Kier molecular flexibility index (Phi) is 5.04. The second-order valence-corrected chi connectivity index (χ2v) is 7.05. The van der Waals surface area contributed by atoms with Crippen molar-refractivity contribution in [3.63, 3.8) is 0 Å². The first kappa shape index (κ1) is 18.7. The maximum atomic E-state index is 11.9. The number of nitrogen functional groups attached to an aromatic ring is 1. The highest BCUT2D eigenvalue weighted by Gasteiger charge is 2.19. The standard InChI is InChI=1S/C24H23N3O2/c1-3-29-24(28)26-18-12-13-19-20-6-4-5-7-22(20)27(2)23(21(19)15-18)14-16-8-10-17(25)11-9-16/h4-13,15H,3,14,25H2,1-2H3/p+1. The Hall–Kier alpha value is -3.60. The van der Waals surface area contributed by atoms with Crippen molar-refractivity contribution < 1.29 is 14.1 Å². The van der Waals surface area contributed by atoms with Gasteiger partial charge >= 0.3 is 6.09 Å². The summed E-state index contributed by atoms with van der Waals surface area (Å²) in [5.74, 6) is 0. The van der Waals surface area contributed by atoms with Crippen LogP contribution in [0.15, 0.2) is 66.7 Å². The molecule has 1 heterocycles. The largest absolute Gasteiger partial charge is 0.450 e. The van der Waals surface area contributed by atoms with E-state index in [9.17, 15) is 4.79 Å². The molecule has 0 atom stereocenters. The molecule has 5 heteroatoms. The van der Waals surface area contributed by atoms with Crippen LogP contribution in [0.25, 0.3) is 21.7 Å². The number of hydrogen-bond acceptors (Lipinski definition) is 3. The number of pyridine rings is 1. The molecule has 0 saturated carbocycles. The lowest BCUT2D eigenvalue weighted by molar-refractivity contribution is -0.651. The summed E-state index contributed by atoms with van der Waals surface area (Å²) in [5.41, 5.74) is 10.8. The lowest BCUT2D eigenvalue weighted by Crippen LogP contribution is -2.35. The molecule has 4 aromatic rings. The van der Waals surface area contributed by atoms with Gasteiger partial charge in [0.25, 0.3) is 0 Å². The molecule has 0 aliphatic rings. The van der Waals surface area contributed by atoms with Gasteiger partial charge < -0.3 is 10.5 Å². The van der Waals surface area contributed by atoms with Crippen LogP contribution in [-0.2, 0) is 18.2 Å². The van der Waals surface area contributed by atoms with E-state index in [1.165, 1.54) is 10.9 Å². The number of aryl methyl sites for hydroxylation is 1. The molecule has 0 radical (unpaired) electrons. The maximum Gasteiger partial charge on any atom is 0.411 e. The van der Waals surface area contributed by atoms with E-state index in [0.29, 0.717) is 12.3 Å². The summed E-state index contributed by atoms with van der Waals surface area (Å²) in [6.07, 6.45) is 0.304.